The molecule has 5 aromatic rings. The van der Waals surface area contributed by atoms with Crippen LogP contribution in [0, 0.1) is 25.5 Å². The molecule has 3 aromatic heterocycles. The molecule has 228 valence electrons. The first kappa shape index (κ1) is 29.4. The van der Waals surface area contributed by atoms with E-state index in [2.05, 4.69) is 4.98 Å². The van der Waals surface area contributed by atoms with Crippen LogP contribution in [0.2, 0.25) is 0 Å². The van der Waals surface area contributed by atoms with Crippen LogP contribution in [0.25, 0.3) is 28.5 Å². The molecule has 1 N–H and O–H groups in total. The molecule has 0 bridgehead atoms. The third-order valence-corrected chi connectivity index (χ3v) is 7.54. The lowest BCUT2D eigenvalue weighted by molar-refractivity contribution is -0.160. The Morgan fingerprint density at radius 1 is 1.16 bits per heavy atom. The summed E-state index contributed by atoms with van der Waals surface area (Å²) in [5, 5.41) is 15.1. The number of aromatic nitrogens is 4. The Labute approximate surface area is 252 Å². The second-order valence-corrected chi connectivity index (χ2v) is 11.9. The maximum absolute atomic E-state index is 15.6. The zero-order valence-corrected chi connectivity index (χ0v) is 25.1. The largest absolute Gasteiger partial charge is 0.490 e. The second kappa shape index (κ2) is 11.1. The van der Waals surface area contributed by atoms with Crippen molar-refractivity contribution in [2.24, 2.45) is 0 Å². The molecule has 11 heteroatoms. The Morgan fingerprint density at radius 3 is 2.61 bits per heavy atom. The van der Waals surface area contributed by atoms with Crippen LogP contribution in [-0.4, -0.2) is 42.9 Å². The number of nitrogens with zero attached hydrogens (tertiary/aromatic N) is 4. The molecule has 0 radical (unpaired) electrons. The summed E-state index contributed by atoms with van der Waals surface area (Å²) in [5.74, 6) is -1.09. The lowest BCUT2D eigenvalue weighted by Crippen LogP contribution is -2.29. The van der Waals surface area contributed by atoms with E-state index in [1.807, 2.05) is 6.92 Å². The number of carboxylic acids is 1. The predicted molar refractivity (Wildman–Crippen MR) is 158 cm³/mol. The summed E-state index contributed by atoms with van der Waals surface area (Å²) in [5.41, 5.74) is 3.72. The number of ether oxygens (including phenoxy) is 2. The SMILES string of the molecule is Cc1nc2cc(-c3ncc(Cc4ccc(F)cc4)o3)nn2c(-c2cc(F)c3c(c2C)CCCO3)c1C(OC(C)(C)C)C(=O)O. The molecule has 0 saturated heterocycles. The van der Waals surface area contributed by atoms with Crippen LogP contribution in [0.4, 0.5) is 8.78 Å². The van der Waals surface area contributed by atoms with Crippen LogP contribution in [0.3, 0.4) is 0 Å². The van der Waals surface area contributed by atoms with Crippen molar-refractivity contribution in [3.05, 3.63) is 87.9 Å². The van der Waals surface area contributed by atoms with Gasteiger partial charge in [-0.3, -0.25) is 0 Å². The van der Waals surface area contributed by atoms with Gasteiger partial charge < -0.3 is 19.0 Å². The molecular formula is C33H32F2N4O5. The highest BCUT2D eigenvalue weighted by molar-refractivity contribution is 5.82. The maximum atomic E-state index is 15.6. The first-order chi connectivity index (χ1) is 20.9. The topological polar surface area (TPSA) is 112 Å². The number of aliphatic carboxylic acids is 1. The van der Waals surface area contributed by atoms with Crippen molar-refractivity contribution in [2.75, 3.05) is 6.61 Å². The quantitative estimate of drug-likeness (QED) is 0.216. The first-order valence-corrected chi connectivity index (χ1v) is 14.3. The van der Waals surface area contributed by atoms with Crippen molar-refractivity contribution in [1.82, 2.24) is 19.6 Å². The van der Waals surface area contributed by atoms with Crippen molar-refractivity contribution in [2.45, 2.75) is 65.6 Å². The van der Waals surface area contributed by atoms with E-state index in [1.165, 1.54) is 22.7 Å². The monoisotopic (exact) mass is 602 g/mol. The van der Waals surface area contributed by atoms with Crippen LogP contribution < -0.4 is 4.74 Å². The zero-order valence-electron chi connectivity index (χ0n) is 25.1. The summed E-state index contributed by atoms with van der Waals surface area (Å²) in [6, 6.07) is 9.15. The van der Waals surface area contributed by atoms with Crippen LogP contribution in [0.15, 0.2) is 47.0 Å². The molecule has 0 fully saturated rings. The summed E-state index contributed by atoms with van der Waals surface area (Å²) >= 11 is 0. The van der Waals surface area contributed by atoms with Gasteiger partial charge in [0.05, 0.1) is 24.1 Å². The summed E-state index contributed by atoms with van der Waals surface area (Å²) in [7, 11) is 0. The zero-order chi connectivity index (χ0) is 31.3. The summed E-state index contributed by atoms with van der Waals surface area (Å²) in [6.07, 6.45) is 1.90. The van der Waals surface area contributed by atoms with Gasteiger partial charge in [-0.1, -0.05) is 12.1 Å². The second-order valence-electron chi connectivity index (χ2n) is 11.9. The predicted octanol–water partition coefficient (Wildman–Crippen LogP) is 6.80. The normalized spacial score (nSPS) is 14.0. The van der Waals surface area contributed by atoms with Crippen LogP contribution >= 0.6 is 0 Å². The smallest absolute Gasteiger partial charge is 0.337 e. The number of aryl methyl sites for hydroxylation is 1. The van der Waals surface area contributed by atoms with Crippen LogP contribution in [0.5, 0.6) is 5.75 Å². The van der Waals surface area contributed by atoms with Crippen LogP contribution in [0.1, 0.15) is 67.0 Å². The molecule has 1 atom stereocenters. The summed E-state index contributed by atoms with van der Waals surface area (Å²) in [6.45, 7) is 9.30. The van der Waals surface area contributed by atoms with Gasteiger partial charge in [0.25, 0.3) is 0 Å². The fourth-order valence-corrected chi connectivity index (χ4v) is 5.61. The lowest BCUT2D eigenvalue weighted by Gasteiger charge is -2.28. The van der Waals surface area contributed by atoms with E-state index in [0.717, 1.165) is 23.1 Å². The standard InChI is InChI=1S/C33H32F2N4O5/c1-17-22-7-6-12-42-29(22)24(35)14-23(17)28-27(30(32(40)41)44-33(3,4)5)18(2)37-26-15-25(38-39(26)28)31-36-16-21(43-31)13-19-8-10-20(34)11-9-19/h8-11,14-16,30H,6-7,12-13H2,1-5H3,(H,40,41). The van der Waals surface area contributed by atoms with Gasteiger partial charge in [0, 0.05) is 34.9 Å². The highest BCUT2D eigenvalue weighted by atomic mass is 19.1. The van der Waals surface area contributed by atoms with E-state index in [-0.39, 0.29) is 23.0 Å². The highest BCUT2D eigenvalue weighted by Gasteiger charge is 2.35. The van der Waals surface area contributed by atoms with E-state index in [4.69, 9.17) is 24.0 Å². The fraction of sp³-hybridized carbons (Fsp3) is 0.333. The van der Waals surface area contributed by atoms with Gasteiger partial charge in [0.1, 0.15) is 11.6 Å². The van der Waals surface area contributed by atoms with Crippen molar-refractivity contribution in [3.63, 3.8) is 0 Å². The van der Waals surface area contributed by atoms with E-state index < -0.39 is 23.5 Å². The van der Waals surface area contributed by atoms with Crippen molar-refractivity contribution < 1.29 is 32.6 Å². The fourth-order valence-electron chi connectivity index (χ4n) is 5.61. The molecular weight excluding hydrogens is 570 g/mol. The summed E-state index contributed by atoms with van der Waals surface area (Å²) < 4.78 is 48.2. The third-order valence-electron chi connectivity index (χ3n) is 7.54. The van der Waals surface area contributed by atoms with E-state index in [9.17, 15) is 14.3 Å². The number of rotatable bonds is 7. The van der Waals surface area contributed by atoms with Gasteiger partial charge in [-0.15, -0.1) is 0 Å². The molecule has 44 heavy (non-hydrogen) atoms. The number of fused-ring (bicyclic) bond motifs is 2. The van der Waals surface area contributed by atoms with Gasteiger partial charge in [0.2, 0.25) is 5.89 Å². The van der Waals surface area contributed by atoms with Gasteiger partial charge in [0.15, 0.2) is 29.0 Å². The minimum absolute atomic E-state index is 0.219. The minimum atomic E-state index is -1.42. The average Bonchev–Trinajstić information content (AvgIpc) is 3.61. The minimum Gasteiger partial charge on any atom is -0.490 e. The molecule has 0 saturated carbocycles. The molecule has 1 aliphatic heterocycles. The summed E-state index contributed by atoms with van der Waals surface area (Å²) in [4.78, 5) is 21.8. The molecule has 4 heterocycles. The van der Waals surface area contributed by atoms with Gasteiger partial charge >= 0.3 is 5.97 Å². The molecule has 1 aliphatic rings. The molecule has 0 amide bonds. The number of benzene rings is 2. The van der Waals surface area contributed by atoms with Gasteiger partial charge in [-0.2, -0.15) is 5.10 Å². The highest BCUT2D eigenvalue weighted by Crippen LogP contribution is 2.42. The van der Waals surface area contributed by atoms with E-state index in [0.29, 0.717) is 53.5 Å². The molecule has 1 unspecified atom stereocenters. The Hall–Kier alpha value is -4.64. The van der Waals surface area contributed by atoms with Crippen molar-refractivity contribution >= 4 is 11.6 Å². The van der Waals surface area contributed by atoms with Crippen LogP contribution in [-0.2, 0) is 22.4 Å². The van der Waals surface area contributed by atoms with E-state index in [1.54, 1.807) is 52.1 Å². The third kappa shape index (κ3) is 5.55. The molecule has 2 aromatic carbocycles. The number of halogens is 2. The molecule has 6 rings (SSSR count). The average molecular weight is 603 g/mol. The number of hydrogen-bond donors (Lipinski definition) is 1. The van der Waals surface area contributed by atoms with Crippen molar-refractivity contribution in [1.29, 1.82) is 0 Å². The molecule has 0 aliphatic carbocycles. The Balaban J connectivity index is 1.55. The van der Waals surface area contributed by atoms with Gasteiger partial charge in [-0.05, 0) is 76.8 Å². The number of oxazole rings is 1. The first-order valence-electron chi connectivity index (χ1n) is 14.3. The Morgan fingerprint density at radius 2 is 1.91 bits per heavy atom. The lowest BCUT2D eigenvalue weighted by atomic mass is 9.91. The Kier molecular flexibility index (Phi) is 7.44. The number of hydrogen-bond acceptors (Lipinski definition) is 7. The number of carboxylic acid groups (broad SMARTS) is 1. The van der Waals surface area contributed by atoms with E-state index >= 15 is 4.39 Å². The molecule has 0 spiro atoms. The maximum Gasteiger partial charge on any atom is 0.337 e. The Bertz CT molecular complexity index is 1890. The molecule has 9 nitrogen and oxygen atoms in total. The van der Waals surface area contributed by atoms with Gasteiger partial charge in [-0.25, -0.2) is 28.1 Å². The van der Waals surface area contributed by atoms with Crippen molar-refractivity contribution in [3.8, 4) is 28.6 Å². The number of carbonyl (C=O) groups is 1.